The number of carbonyl (C=O) groups excluding carboxylic acids is 2. The maximum atomic E-state index is 11.7. The first kappa shape index (κ1) is 15.7. The van der Waals surface area contributed by atoms with Gasteiger partial charge in [-0.15, -0.1) is 0 Å². The molecule has 2 nitrogen and oxygen atoms in total. The molecule has 0 saturated carbocycles. The molecule has 0 saturated heterocycles. The maximum absolute atomic E-state index is 11.7. The van der Waals surface area contributed by atoms with Gasteiger partial charge < -0.3 is 0 Å². The van der Waals surface area contributed by atoms with Gasteiger partial charge in [-0.1, -0.05) is 53.3 Å². The first-order chi connectivity index (χ1) is 7.11. The Labute approximate surface area is 104 Å². The summed E-state index contributed by atoms with van der Waals surface area (Å²) in [7, 11) is 0. The quantitative estimate of drug-likeness (QED) is 0.739. The standard InChI is InChI=1S/C13H24O2S/c1-9(2)11(14)7-10(3)8-12(15)16-13(4,5)6/h9-10H,7-8H2,1-6H3/t10-/m0/s1. The lowest BCUT2D eigenvalue weighted by Gasteiger charge is -2.18. The predicted molar refractivity (Wildman–Crippen MR) is 70.6 cm³/mol. The van der Waals surface area contributed by atoms with Crippen LogP contribution < -0.4 is 0 Å². The second kappa shape index (κ2) is 6.43. The third-order valence-corrected chi connectivity index (χ3v) is 3.14. The highest BCUT2D eigenvalue weighted by Crippen LogP contribution is 2.27. The van der Waals surface area contributed by atoms with Crippen LogP contribution in [0.1, 0.15) is 54.4 Å². The number of thioether (sulfide) groups is 1. The Balaban J connectivity index is 4.01. The number of rotatable bonds is 5. The van der Waals surface area contributed by atoms with Crippen molar-refractivity contribution < 1.29 is 9.59 Å². The molecule has 0 aromatic heterocycles. The van der Waals surface area contributed by atoms with Gasteiger partial charge in [-0.25, -0.2) is 0 Å². The number of Topliss-reactive ketones (excluding diaryl/α,β-unsaturated/α-hetero) is 1. The predicted octanol–water partition coefficient (Wildman–Crippen LogP) is 3.69. The van der Waals surface area contributed by atoms with Gasteiger partial charge in [-0.3, -0.25) is 9.59 Å². The Morgan fingerprint density at radius 3 is 1.94 bits per heavy atom. The Hall–Kier alpha value is -0.310. The van der Waals surface area contributed by atoms with Crippen molar-refractivity contribution in [3.63, 3.8) is 0 Å². The largest absolute Gasteiger partial charge is 0.299 e. The van der Waals surface area contributed by atoms with E-state index in [1.165, 1.54) is 11.8 Å². The highest BCUT2D eigenvalue weighted by Gasteiger charge is 2.20. The minimum absolute atomic E-state index is 0.0289. The van der Waals surface area contributed by atoms with Crippen LogP contribution in [-0.2, 0) is 9.59 Å². The van der Waals surface area contributed by atoms with Gasteiger partial charge in [-0.05, 0) is 5.92 Å². The fraction of sp³-hybridized carbons (Fsp3) is 0.846. The minimum Gasteiger partial charge on any atom is -0.299 e. The molecule has 0 aromatic carbocycles. The summed E-state index contributed by atoms with van der Waals surface area (Å²) >= 11 is 1.37. The van der Waals surface area contributed by atoms with E-state index >= 15 is 0 Å². The fourth-order valence-corrected chi connectivity index (χ4v) is 2.37. The normalized spacial score (nSPS) is 13.9. The van der Waals surface area contributed by atoms with Gasteiger partial charge in [0.25, 0.3) is 0 Å². The van der Waals surface area contributed by atoms with E-state index in [1.807, 2.05) is 41.5 Å². The Kier molecular flexibility index (Phi) is 6.31. The van der Waals surface area contributed by atoms with E-state index in [-0.39, 0.29) is 27.5 Å². The zero-order valence-electron chi connectivity index (χ0n) is 11.3. The van der Waals surface area contributed by atoms with Crippen LogP contribution in [0.3, 0.4) is 0 Å². The van der Waals surface area contributed by atoms with Crippen LogP contribution in [0.2, 0.25) is 0 Å². The minimum atomic E-state index is -0.0289. The molecule has 94 valence electrons. The molecule has 3 heteroatoms. The summed E-state index contributed by atoms with van der Waals surface area (Å²) in [6, 6.07) is 0. The van der Waals surface area contributed by atoms with Crippen molar-refractivity contribution in [1.29, 1.82) is 0 Å². The first-order valence-electron chi connectivity index (χ1n) is 5.86. The van der Waals surface area contributed by atoms with Crippen molar-refractivity contribution in [3.05, 3.63) is 0 Å². The monoisotopic (exact) mass is 244 g/mol. The molecule has 0 fully saturated rings. The Bertz CT molecular complexity index is 251. The first-order valence-corrected chi connectivity index (χ1v) is 6.68. The van der Waals surface area contributed by atoms with Crippen molar-refractivity contribution in [2.75, 3.05) is 0 Å². The number of ketones is 1. The highest BCUT2D eigenvalue weighted by atomic mass is 32.2. The molecule has 0 bridgehead atoms. The summed E-state index contributed by atoms with van der Waals surface area (Å²) in [6.07, 6.45) is 1.02. The zero-order chi connectivity index (χ0) is 12.9. The Morgan fingerprint density at radius 1 is 1.06 bits per heavy atom. The van der Waals surface area contributed by atoms with E-state index in [0.717, 1.165) is 0 Å². The third kappa shape index (κ3) is 7.91. The lowest BCUT2D eigenvalue weighted by Crippen LogP contribution is -2.16. The van der Waals surface area contributed by atoms with Crippen molar-refractivity contribution in [3.8, 4) is 0 Å². The molecule has 0 aliphatic heterocycles. The second-order valence-electron chi connectivity index (χ2n) is 5.72. The van der Waals surface area contributed by atoms with Crippen LogP contribution in [0.5, 0.6) is 0 Å². The topological polar surface area (TPSA) is 34.1 Å². The van der Waals surface area contributed by atoms with Gasteiger partial charge in [0.2, 0.25) is 0 Å². The molecule has 0 aromatic rings. The fourth-order valence-electron chi connectivity index (χ4n) is 1.32. The van der Waals surface area contributed by atoms with E-state index in [1.54, 1.807) is 0 Å². The maximum Gasteiger partial charge on any atom is 0.189 e. The van der Waals surface area contributed by atoms with Crippen LogP contribution in [0.4, 0.5) is 0 Å². The summed E-state index contributed by atoms with van der Waals surface area (Å²) in [5.41, 5.74) is 0. The van der Waals surface area contributed by atoms with Crippen LogP contribution in [-0.4, -0.2) is 15.6 Å². The molecular formula is C13H24O2S. The second-order valence-corrected chi connectivity index (χ2v) is 7.61. The molecule has 0 amide bonds. The van der Waals surface area contributed by atoms with Crippen molar-refractivity contribution in [1.82, 2.24) is 0 Å². The van der Waals surface area contributed by atoms with Gasteiger partial charge >= 0.3 is 0 Å². The third-order valence-electron chi connectivity index (χ3n) is 2.13. The Morgan fingerprint density at radius 2 is 1.56 bits per heavy atom. The SMILES string of the molecule is CC(C)C(=O)C[C@H](C)CC(=O)SC(C)(C)C. The molecule has 16 heavy (non-hydrogen) atoms. The van der Waals surface area contributed by atoms with Crippen LogP contribution >= 0.6 is 11.8 Å². The van der Waals surface area contributed by atoms with Gasteiger partial charge in [-0.2, -0.15) is 0 Å². The molecule has 0 radical (unpaired) electrons. The lowest BCUT2D eigenvalue weighted by atomic mass is 9.96. The molecule has 0 rings (SSSR count). The number of carbonyl (C=O) groups is 2. The number of hydrogen-bond acceptors (Lipinski definition) is 3. The molecule has 0 aliphatic carbocycles. The van der Waals surface area contributed by atoms with Crippen molar-refractivity contribution >= 4 is 22.7 Å². The van der Waals surface area contributed by atoms with Crippen LogP contribution in [0, 0.1) is 11.8 Å². The van der Waals surface area contributed by atoms with E-state index in [2.05, 4.69) is 0 Å². The van der Waals surface area contributed by atoms with E-state index in [0.29, 0.717) is 12.8 Å². The average Bonchev–Trinajstić information content (AvgIpc) is 1.98. The molecule has 0 aliphatic rings. The highest BCUT2D eigenvalue weighted by molar-refractivity contribution is 8.14. The zero-order valence-corrected chi connectivity index (χ0v) is 12.1. The molecular weight excluding hydrogens is 220 g/mol. The van der Waals surface area contributed by atoms with Crippen LogP contribution in [0.15, 0.2) is 0 Å². The summed E-state index contributed by atoms with van der Waals surface area (Å²) in [4.78, 5) is 23.2. The van der Waals surface area contributed by atoms with Crippen molar-refractivity contribution in [2.45, 2.75) is 59.1 Å². The van der Waals surface area contributed by atoms with Crippen LogP contribution in [0.25, 0.3) is 0 Å². The van der Waals surface area contributed by atoms with Gasteiger partial charge in [0, 0.05) is 23.5 Å². The lowest BCUT2D eigenvalue weighted by molar-refractivity contribution is -0.122. The van der Waals surface area contributed by atoms with Gasteiger partial charge in [0.15, 0.2) is 5.12 Å². The van der Waals surface area contributed by atoms with Crippen molar-refractivity contribution in [2.24, 2.45) is 11.8 Å². The summed E-state index contributed by atoms with van der Waals surface area (Å²) < 4.78 is -0.0289. The van der Waals surface area contributed by atoms with Gasteiger partial charge in [0.1, 0.15) is 5.78 Å². The number of hydrogen-bond donors (Lipinski definition) is 0. The summed E-state index contributed by atoms with van der Waals surface area (Å²) in [6.45, 7) is 11.9. The van der Waals surface area contributed by atoms with Gasteiger partial charge in [0.05, 0.1) is 0 Å². The molecule has 0 spiro atoms. The smallest absolute Gasteiger partial charge is 0.189 e. The molecule has 0 N–H and O–H groups in total. The van der Waals surface area contributed by atoms with E-state index in [9.17, 15) is 9.59 Å². The van der Waals surface area contributed by atoms with E-state index < -0.39 is 0 Å². The van der Waals surface area contributed by atoms with E-state index in [4.69, 9.17) is 0 Å². The summed E-state index contributed by atoms with van der Waals surface area (Å²) in [5.74, 6) is 0.492. The molecule has 0 heterocycles. The molecule has 1 atom stereocenters. The average molecular weight is 244 g/mol. The molecule has 0 unspecified atom stereocenters. The summed E-state index contributed by atoms with van der Waals surface area (Å²) in [5, 5.41) is 0.191.